The number of hydrogen-bond acceptors (Lipinski definition) is 2. The van der Waals surface area contributed by atoms with Gasteiger partial charge >= 0.3 is 0 Å². The van der Waals surface area contributed by atoms with E-state index < -0.39 is 0 Å². The van der Waals surface area contributed by atoms with Crippen molar-refractivity contribution in [1.82, 2.24) is 0 Å². The molecular formula is C13H20N2. The van der Waals surface area contributed by atoms with E-state index in [2.05, 4.69) is 31.3 Å². The van der Waals surface area contributed by atoms with Crippen LogP contribution in [-0.2, 0) is 0 Å². The second-order valence-corrected chi connectivity index (χ2v) is 4.63. The number of nitrogens with one attached hydrogen (secondary N) is 1. The number of aryl methyl sites for hydroxylation is 1. The molecule has 0 bridgehead atoms. The number of rotatable bonds is 4. The molecule has 15 heavy (non-hydrogen) atoms. The summed E-state index contributed by atoms with van der Waals surface area (Å²) in [5.41, 5.74) is 9.16. The van der Waals surface area contributed by atoms with Crippen molar-refractivity contribution in [2.75, 3.05) is 11.1 Å². The van der Waals surface area contributed by atoms with Crippen LogP contribution in [0.1, 0.15) is 31.7 Å². The molecule has 1 aliphatic carbocycles. The molecule has 1 aromatic rings. The van der Waals surface area contributed by atoms with Crippen molar-refractivity contribution in [1.29, 1.82) is 0 Å². The molecule has 2 nitrogen and oxygen atoms in total. The van der Waals surface area contributed by atoms with Gasteiger partial charge in [-0.15, -0.1) is 0 Å². The third-order valence-corrected chi connectivity index (χ3v) is 3.13. The minimum atomic E-state index is 0.661. The van der Waals surface area contributed by atoms with Crippen LogP contribution in [0.4, 0.5) is 11.4 Å². The predicted molar refractivity (Wildman–Crippen MR) is 66.0 cm³/mol. The monoisotopic (exact) mass is 204 g/mol. The summed E-state index contributed by atoms with van der Waals surface area (Å²) in [4.78, 5) is 0. The van der Waals surface area contributed by atoms with Crippen molar-refractivity contribution in [3.05, 3.63) is 23.8 Å². The molecule has 0 aromatic heterocycles. The van der Waals surface area contributed by atoms with Gasteiger partial charge < -0.3 is 11.1 Å². The lowest BCUT2D eigenvalue weighted by molar-refractivity contribution is 0.693. The predicted octanol–water partition coefficient (Wildman–Crippen LogP) is 3.18. The fraction of sp³-hybridized carbons (Fsp3) is 0.538. The molecule has 0 radical (unpaired) electrons. The van der Waals surface area contributed by atoms with Crippen LogP contribution >= 0.6 is 0 Å². The van der Waals surface area contributed by atoms with Gasteiger partial charge in [0, 0.05) is 6.04 Å². The summed E-state index contributed by atoms with van der Waals surface area (Å²) in [6.07, 6.45) is 3.93. The summed E-state index contributed by atoms with van der Waals surface area (Å²) < 4.78 is 0. The first-order valence-corrected chi connectivity index (χ1v) is 5.83. The van der Waals surface area contributed by atoms with E-state index in [4.69, 9.17) is 5.73 Å². The Hall–Kier alpha value is -1.18. The van der Waals surface area contributed by atoms with Crippen LogP contribution in [0.25, 0.3) is 0 Å². The zero-order valence-electron chi connectivity index (χ0n) is 9.59. The molecule has 3 N–H and O–H groups in total. The summed E-state index contributed by atoms with van der Waals surface area (Å²) >= 11 is 0. The molecule has 1 saturated carbocycles. The van der Waals surface area contributed by atoms with E-state index in [1.165, 1.54) is 24.8 Å². The highest BCUT2D eigenvalue weighted by Crippen LogP contribution is 2.38. The van der Waals surface area contributed by atoms with E-state index in [-0.39, 0.29) is 0 Å². The maximum atomic E-state index is 5.92. The number of anilines is 2. The van der Waals surface area contributed by atoms with Gasteiger partial charge in [-0.25, -0.2) is 0 Å². The molecule has 2 atom stereocenters. The first-order chi connectivity index (χ1) is 7.20. The van der Waals surface area contributed by atoms with Gasteiger partial charge in [-0.3, -0.25) is 0 Å². The Kier molecular flexibility index (Phi) is 2.85. The molecule has 0 amide bonds. The number of nitrogen functional groups attached to an aromatic ring is 1. The van der Waals surface area contributed by atoms with Crippen molar-refractivity contribution in [3.63, 3.8) is 0 Å². The SMILES string of the molecule is CCCC1CC1Nc1cc(C)ccc1N. The Labute approximate surface area is 91.9 Å². The molecule has 0 saturated heterocycles. The van der Waals surface area contributed by atoms with Crippen LogP contribution in [0.3, 0.4) is 0 Å². The highest BCUT2D eigenvalue weighted by Gasteiger charge is 2.35. The molecule has 1 aliphatic rings. The Bertz CT molecular complexity index is 346. The van der Waals surface area contributed by atoms with Gasteiger partial charge in [0.05, 0.1) is 11.4 Å². The summed E-state index contributed by atoms with van der Waals surface area (Å²) in [6.45, 7) is 4.34. The van der Waals surface area contributed by atoms with E-state index in [1.807, 2.05) is 6.07 Å². The lowest BCUT2D eigenvalue weighted by Gasteiger charge is -2.09. The summed E-state index contributed by atoms with van der Waals surface area (Å²) in [7, 11) is 0. The third-order valence-electron chi connectivity index (χ3n) is 3.13. The highest BCUT2D eigenvalue weighted by atomic mass is 15.0. The van der Waals surface area contributed by atoms with Gasteiger partial charge in [0.15, 0.2) is 0 Å². The minimum absolute atomic E-state index is 0.661. The van der Waals surface area contributed by atoms with Crippen LogP contribution in [-0.4, -0.2) is 6.04 Å². The lowest BCUT2D eigenvalue weighted by Crippen LogP contribution is -2.07. The highest BCUT2D eigenvalue weighted by molar-refractivity contribution is 5.67. The fourth-order valence-electron chi connectivity index (χ4n) is 2.11. The van der Waals surface area contributed by atoms with Crippen molar-refractivity contribution in [3.8, 4) is 0 Å². The van der Waals surface area contributed by atoms with E-state index in [9.17, 15) is 0 Å². The van der Waals surface area contributed by atoms with Crippen molar-refractivity contribution in [2.24, 2.45) is 5.92 Å². The fourth-order valence-corrected chi connectivity index (χ4v) is 2.11. The average Bonchev–Trinajstić information content (AvgIpc) is 2.91. The van der Waals surface area contributed by atoms with Gasteiger partial charge in [0.2, 0.25) is 0 Å². The van der Waals surface area contributed by atoms with Crippen LogP contribution in [0.5, 0.6) is 0 Å². The Morgan fingerprint density at radius 1 is 1.47 bits per heavy atom. The largest absolute Gasteiger partial charge is 0.397 e. The van der Waals surface area contributed by atoms with E-state index in [1.54, 1.807) is 0 Å². The number of hydrogen-bond donors (Lipinski definition) is 2. The average molecular weight is 204 g/mol. The van der Waals surface area contributed by atoms with Gasteiger partial charge in [-0.1, -0.05) is 19.4 Å². The first kappa shape index (κ1) is 10.3. The molecule has 0 aliphatic heterocycles. The normalized spacial score (nSPS) is 23.9. The maximum Gasteiger partial charge on any atom is 0.0578 e. The summed E-state index contributed by atoms with van der Waals surface area (Å²) in [5.74, 6) is 0.870. The lowest BCUT2D eigenvalue weighted by atomic mass is 10.2. The third kappa shape index (κ3) is 2.44. The molecule has 1 fully saturated rings. The maximum absolute atomic E-state index is 5.92. The van der Waals surface area contributed by atoms with Crippen molar-refractivity contribution in [2.45, 2.75) is 39.2 Å². The molecular weight excluding hydrogens is 184 g/mol. The van der Waals surface area contributed by atoms with E-state index in [0.29, 0.717) is 6.04 Å². The van der Waals surface area contributed by atoms with E-state index >= 15 is 0 Å². The standard InChI is InChI=1S/C13H20N2/c1-3-4-10-8-12(10)15-13-7-9(2)5-6-11(13)14/h5-7,10,12,15H,3-4,8,14H2,1-2H3. The second-order valence-electron chi connectivity index (χ2n) is 4.63. The molecule has 0 heterocycles. The van der Waals surface area contributed by atoms with Crippen LogP contribution in [0.2, 0.25) is 0 Å². The van der Waals surface area contributed by atoms with Gasteiger partial charge in [-0.2, -0.15) is 0 Å². The molecule has 2 unspecified atom stereocenters. The molecule has 82 valence electrons. The number of nitrogens with two attached hydrogens (primary N) is 1. The summed E-state index contributed by atoms with van der Waals surface area (Å²) in [5, 5.41) is 3.53. The topological polar surface area (TPSA) is 38.0 Å². The smallest absolute Gasteiger partial charge is 0.0578 e. The van der Waals surface area contributed by atoms with Crippen LogP contribution in [0.15, 0.2) is 18.2 Å². The number of benzene rings is 1. The molecule has 2 rings (SSSR count). The van der Waals surface area contributed by atoms with E-state index in [0.717, 1.165) is 17.3 Å². The van der Waals surface area contributed by atoms with Gasteiger partial charge in [0.25, 0.3) is 0 Å². The quantitative estimate of drug-likeness (QED) is 0.739. The summed E-state index contributed by atoms with van der Waals surface area (Å²) in [6, 6.07) is 6.83. The zero-order valence-corrected chi connectivity index (χ0v) is 9.59. The Balaban J connectivity index is 1.97. The van der Waals surface area contributed by atoms with Crippen molar-refractivity contribution >= 4 is 11.4 Å². The minimum Gasteiger partial charge on any atom is -0.397 e. The molecule has 2 heteroatoms. The van der Waals surface area contributed by atoms with Gasteiger partial charge in [0.1, 0.15) is 0 Å². The Morgan fingerprint density at radius 3 is 3.00 bits per heavy atom. The van der Waals surface area contributed by atoms with Gasteiger partial charge in [-0.05, 0) is 43.4 Å². The van der Waals surface area contributed by atoms with Crippen molar-refractivity contribution < 1.29 is 0 Å². The molecule has 0 spiro atoms. The molecule has 1 aromatic carbocycles. The second kappa shape index (κ2) is 4.13. The zero-order chi connectivity index (χ0) is 10.8. The first-order valence-electron chi connectivity index (χ1n) is 5.83. The Morgan fingerprint density at radius 2 is 2.27 bits per heavy atom. The van der Waals surface area contributed by atoms with Crippen LogP contribution in [0, 0.1) is 12.8 Å². The van der Waals surface area contributed by atoms with Crippen LogP contribution < -0.4 is 11.1 Å².